The van der Waals surface area contributed by atoms with Crippen molar-refractivity contribution in [1.29, 1.82) is 0 Å². The van der Waals surface area contributed by atoms with Crippen molar-refractivity contribution < 1.29 is 21.6 Å². The molecular formula is C6H8F3N3O2S2. The smallest absolute Gasteiger partial charge is 0.362 e. The van der Waals surface area contributed by atoms with E-state index in [1.807, 2.05) is 0 Å². The lowest BCUT2D eigenvalue weighted by Gasteiger charge is -2.03. The highest BCUT2D eigenvalue weighted by Crippen LogP contribution is 2.37. The van der Waals surface area contributed by atoms with Crippen LogP contribution in [0.25, 0.3) is 0 Å². The molecule has 3 N–H and O–H groups in total. The Morgan fingerprint density at radius 1 is 1.50 bits per heavy atom. The first kappa shape index (κ1) is 13.2. The van der Waals surface area contributed by atoms with Crippen molar-refractivity contribution in [1.82, 2.24) is 4.98 Å². The second-order valence-corrected chi connectivity index (χ2v) is 5.48. The van der Waals surface area contributed by atoms with Gasteiger partial charge in [-0.05, 0) is 6.92 Å². The topological polar surface area (TPSA) is 85.1 Å². The highest BCUT2D eigenvalue weighted by Gasteiger charge is 2.40. The summed E-state index contributed by atoms with van der Waals surface area (Å²) in [7, 11) is -4.42. The zero-order chi connectivity index (χ0) is 12.6. The van der Waals surface area contributed by atoms with E-state index in [0.29, 0.717) is 17.9 Å². The van der Waals surface area contributed by atoms with E-state index in [1.165, 1.54) is 0 Å². The van der Waals surface area contributed by atoms with Crippen molar-refractivity contribution in [3.8, 4) is 0 Å². The third-order valence-corrected chi connectivity index (χ3v) is 3.92. The molecule has 0 aromatic carbocycles. The highest BCUT2D eigenvalue weighted by atomic mass is 32.2. The average Bonchev–Trinajstić information content (AvgIpc) is 2.47. The standard InChI is InChI=1S/C6H8F3N3O2S2/c1-2-11-5-12-3(6(7,8)9)4(15-5)16(10,13)14/h2H2,1H3,(H,11,12)(H2,10,13,14). The number of alkyl halides is 3. The first-order chi connectivity index (χ1) is 7.16. The quantitative estimate of drug-likeness (QED) is 0.869. The Morgan fingerprint density at radius 3 is 2.38 bits per heavy atom. The Hall–Kier alpha value is -0.870. The molecule has 0 aliphatic rings. The molecule has 1 heterocycles. The zero-order valence-electron chi connectivity index (χ0n) is 8.00. The number of primary sulfonamides is 1. The third-order valence-electron chi connectivity index (χ3n) is 1.45. The molecule has 1 rings (SSSR count). The van der Waals surface area contributed by atoms with Gasteiger partial charge in [-0.2, -0.15) is 13.2 Å². The van der Waals surface area contributed by atoms with Crippen LogP contribution in [0, 0.1) is 0 Å². The molecule has 1 aromatic heterocycles. The van der Waals surface area contributed by atoms with Gasteiger partial charge >= 0.3 is 6.18 Å². The van der Waals surface area contributed by atoms with Crippen LogP contribution in [0.3, 0.4) is 0 Å². The summed E-state index contributed by atoms with van der Waals surface area (Å²) in [5.74, 6) is 0. The van der Waals surface area contributed by atoms with Crippen molar-refractivity contribution in [2.24, 2.45) is 5.14 Å². The van der Waals surface area contributed by atoms with Gasteiger partial charge in [-0.25, -0.2) is 18.5 Å². The van der Waals surface area contributed by atoms with E-state index < -0.39 is 26.1 Å². The largest absolute Gasteiger partial charge is 0.435 e. The van der Waals surface area contributed by atoms with E-state index in [2.05, 4.69) is 15.4 Å². The van der Waals surface area contributed by atoms with Gasteiger partial charge in [-0.1, -0.05) is 11.3 Å². The third kappa shape index (κ3) is 2.83. The number of rotatable bonds is 3. The molecule has 1 aromatic rings. The van der Waals surface area contributed by atoms with Gasteiger partial charge in [0.15, 0.2) is 15.0 Å². The van der Waals surface area contributed by atoms with Crippen LogP contribution < -0.4 is 10.5 Å². The molecule has 16 heavy (non-hydrogen) atoms. The number of nitrogens with one attached hydrogen (secondary N) is 1. The summed E-state index contributed by atoms with van der Waals surface area (Å²) < 4.78 is 58.2. The van der Waals surface area contributed by atoms with Crippen molar-refractivity contribution in [2.75, 3.05) is 11.9 Å². The van der Waals surface area contributed by atoms with Crippen LogP contribution in [0.5, 0.6) is 0 Å². The van der Waals surface area contributed by atoms with Crippen LogP contribution >= 0.6 is 11.3 Å². The van der Waals surface area contributed by atoms with Crippen LogP contribution in [0.4, 0.5) is 18.3 Å². The summed E-state index contributed by atoms with van der Waals surface area (Å²) in [6.07, 6.45) is -4.84. The molecule has 0 saturated carbocycles. The van der Waals surface area contributed by atoms with E-state index in [1.54, 1.807) is 6.92 Å². The molecule has 0 unspecified atom stereocenters. The highest BCUT2D eigenvalue weighted by molar-refractivity contribution is 7.91. The minimum Gasteiger partial charge on any atom is -0.362 e. The van der Waals surface area contributed by atoms with E-state index in [-0.39, 0.29) is 5.13 Å². The second kappa shape index (κ2) is 4.18. The van der Waals surface area contributed by atoms with Gasteiger partial charge in [0, 0.05) is 6.54 Å². The van der Waals surface area contributed by atoms with Gasteiger partial charge in [0.2, 0.25) is 10.0 Å². The van der Waals surface area contributed by atoms with E-state index >= 15 is 0 Å². The fourth-order valence-electron chi connectivity index (χ4n) is 0.905. The number of thiazole rings is 1. The lowest BCUT2D eigenvalue weighted by Crippen LogP contribution is -2.17. The van der Waals surface area contributed by atoms with Crippen LogP contribution in [0.15, 0.2) is 4.21 Å². The lowest BCUT2D eigenvalue weighted by molar-refractivity contribution is -0.142. The van der Waals surface area contributed by atoms with Crippen molar-refractivity contribution >= 4 is 26.5 Å². The average molecular weight is 275 g/mol. The molecule has 0 fully saturated rings. The normalized spacial score (nSPS) is 12.8. The molecule has 10 heteroatoms. The maximum atomic E-state index is 12.4. The number of aromatic nitrogens is 1. The number of nitrogens with zero attached hydrogens (tertiary/aromatic N) is 1. The summed E-state index contributed by atoms with van der Waals surface area (Å²) in [5, 5.41) is 7.05. The van der Waals surface area contributed by atoms with Crippen LogP contribution in [0.1, 0.15) is 12.6 Å². The van der Waals surface area contributed by atoms with Gasteiger partial charge in [0.25, 0.3) is 0 Å². The number of hydrogen-bond donors (Lipinski definition) is 2. The summed E-state index contributed by atoms with van der Waals surface area (Å²) in [6, 6.07) is 0. The maximum absolute atomic E-state index is 12.4. The Kier molecular flexibility index (Phi) is 3.45. The summed E-state index contributed by atoms with van der Waals surface area (Å²) >= 11 is 0.363. The molecule has 0 atom stereocenters. The number of anilines is 1. The monoisotopic (exact) mass is 275 g/mol. The van der Waals surface area contributed by atoms with E-state index in [4.69, 9.17) is 0 Å². The predicted molar refractivity (Wildman–Crippen MR) is 52.7 cm³/mol. The molecule has 0 spiro atoms. The maximum Gasteiger partial charge on any atom is 0.435 e. The van der Waals surface area contributed by atoms with Crippen LogP contribution in [0.2, 0.25) is 0 Å². The Labute approximate surface area is 93.5 Å². The second-order valence-electron chi connectivity index (χ2n) is 2.73. The fourth-order valence-corrected chi connectivity index (χ4v) is 2.82. The SMILES string of the molecule is CCNc1nc(C(F)(F)F)c(S(N)(=O)=O)s1. The summed E-state index contributed by atoms with van der Waals surface area (Å²) in [5.41, 5.74) is -1.48. The molecule has 0 bridgehead atoms. The van der Waals surface area contributed by atoms with Crippen molar-refractivity contribution in [2.45, 2.75) is 17.3 Å². The number of hydrogen-bond acceptors (Lipinski definition) is 5. The van der Waals surface area contributed by atoms with Gasteiger partial charge in [-0.15, -0.1) is 0 Å². The number of nitrogens with two attached hydrogens (primary N) is 1. The van der Waals surface area contributed by atoms with Crippen LogP contribution in [-0.2, 0) is 16.2 Å². The van der Waals surface area contributed by atoms with E-state index in [0.717, 1.165) is 0 Å². The minimum atomic E-state index is -4.84. The molecule has 0 radical (unpaired) electrons. The Balaban J connectivity index is 3.35. The van der Waals surface area contributed by atoms with Crippen molar-refractivity contribution in [3.05, 3.63) is 5.69 Å². The molecular weight excluding hydrogens is 267 g/mol. The van der Waals surface area contributed by atoms with Gasteiger partial charge in [-0.3, -0.25) is 0 Å². The first-order valence-electron chi connectivity index (χ1n) is 4.01. The Bertz CT molecular complexity index is 480. The predicted octanol–water partition coefficient (Wildman–Crippen LogP) is 1.24. The summed E-state index contributed by atoms with van der Waals surface area (Å²) in [6.45, 7) is 1.97. The molecule has 0 amide bonds. The molecule has 92 valence electrons. The van der Waals surface area contributed by atoms with Gasteiger partial charge < -0.3 is 5.32 Å². The molecule has 0 aliphatic heterocycles. The molecule has 0 saturated heterocycles. The van der Waals surface area contributed by atoms with Crippen LogP contribution in [-0.4, -0.2) is 19.9 Å². The summed E-state index contributed by atoms with van der Waals surface area (Å²) in [4.78, 5) is 3.16. The van der Waals surface area contributed by atoms with Gasteiger partial charge in [0.1, 0.15) is 0 Å². The number of halogens is 3. The lowest BCUT2D eigenvalue weighted by atomic mass is 10.5. The first-order valence-corrected chi connectivity index (χ1v) is 6.37. The zero-order valence-corrected chi connectivity index (χ0v) is 9.63. The minimum absolute atomic E-state index is 0.126. The van der Waals surface area contributed by atoms with E-state index in [9.17, 15) is 21.6 Å². The molecule has 0 aliphatic carbocycles. The van der Waals surface area contributed by atoms with Crippen molar-refractivity contribution in [3.63, 3.8) is 0 Å². The Morgan fingerprint density at radius 2 is 2.06 bits per heavy atom. The molecule has 5 nitrogen and oxygen atoms in total. The number of sulfonamides is 1. The van der Waals surface area contributed by atoms with Gasteiger partial charge in [0.05, 0.1) is 0 Å². The fraction of sp³-hybridized carbons (Fsp3) is 0.500.